The van der Waals surface area contributed by atoms with Crippen molar-refractivity contribution in [3.63, 3.8) is 0 Å². The number of amides is 1. The molecule has 5 rings (SSSR count). The van der Waals surface area contributed by atoms with Crippen molar-refractivity contribution in [1.82, 2.24) is 15.0 Å². The van der Waals surface area contributed by atoms with Crippen LogP contribution in [0.4, 0.5) is 5.69 Å². The van der Waals surface area contributed by atoms with E-state index in [1.54, 1.807) is 0 Å². The van der Waals surface area contributed by atoms with E-state index in [1.165, 1.54) is 31.2 Å². The summed E-state index contributed by atoms with van der Waals surface area (Å²) < 4.78 is 2.05. The molecule has 26 heavy (non-hydrogen) atoms. The zero-order chi connectivity index (χ0) is 17.5. The van der Waals surface area contributed by atoms with Gasteiger partial charge in [-0.05, 0) is 55.5 Å². The molecule has 0 saturated heterocycles. The van der Waals surface area contributed by atoms with Crippen molar-refractivity contribution in [3.05, 3.63) is 53.6 Å². The van der Waals surface area contributed by atoms with Crippen LogP contribution in [-0.4, -0.2) is 27.4 Å². The first-order valence-electron chi connectivity index (χ1n) is 9.56. The summed E-state index contributed by atoms with van der Waals surface area (Å²) in [5.74, 6) is 0.0504. The van der Waals surface area contributed by atoms with Crippen LogP contribution in [0.5, 0.6) is 0 Å². The van der Waals surface area contributed by atoms with Crippen molar-refractivity contribution in [3.8, 4) is 0 Å². The lowest BCUT2D eigenvalue weighted by molar-refractivity contribution is 0.0985. The summed E-state index contributed by atoms with van der Waals surface area (Å²) in [5, 5.41) is 8.71. The summed E-state index contributed by atoms with van der Waals surface area (Å²) in [6.07, 6.45) is 6.90. The van der Waals surface area contributed by atoms with E-state index in [1.807, 2.05) is 46.0 Å². The minimum atomic E-state index is 0.0504. The number of fused-ring (bicyclic) bond motifs is 2. The maximum atomic E-state index is 13.1. The monoisotopic (exact) mass is 346 g/mol. The summed E-state index contributed by atoms with van der Waals surface area (Å²) in [6.45, 7) is 0.767. The molecule has 2 heterocycles. The smallest absolute Gasteiger partial charge is 0.258 e. The second kappa shape index (κ2) is 6.24. The Morgan fingerprint density at radius 2 is 1.88 bits per heavy atom. The highest BCUT2D eigenvalue weighted by Crippen LogP contribution is 2.32. The number of anilines is 1. The predicted octanol–water partition coefficient (Wildman–Crippen LogP) is 4.14. The van der Waals surface area contributed by atoms with Crippen molar-refractivity contribution < 1.29 is 4.79 Å². The third-order valence-electron chi connectivity index (χ3n) is 5.74. The van der Waals surface area contributed by atoms with E-state index in [0.29, 0.717) is 11.6 Å². The van der Waals surface area contributed by atoms with Crippen LogP contribution in [0.25, 0.3) is 11.0 Å². The number of benzene rings is 2. The van der Waals surface area contributed by atoms with Crippen molar-refractivity contribution in [1.29, 1.82) is 0 Å². The number of carbonyl (C=O) groups excluding carboxylic acids is 1. The minimum Gasteiger partial charge on any atom is -0.308 e. The van der Waals surface area contributed by atoms with Gasteiger partial charge in [0.05, 0.1) is 11.6 Å². The van der Waals surface area contributed by atoms with Gasteiger partial charge in [0.25, 0.3) is 5.91 Å². The van der Waals surface area contributed by atoms with Crippen LogP contribution in [0.2, 0.25) is 0 Å². The Balaban J connectivity index is 1.49. The average Bonchev–Trinajstić information content (AvgIpc) is 3.35. The fourth-order valence-corrected chi connectivity index (χ4v) is 4.39. The van der Waals surface area contributed by atoms with Gasteiger partial charge in [-0.15, -0.1) is 5.10 Å². The number of hydrogen-bond donors (Lipinski definition) is 0. The summed E-state index contributed by atoms with van der Waals surface area (Å²) >= 11 is 0. The maximum absolute atomic E-state index is 13.1. The third-order valence-corrected chi connectivity index (χ3v) is 5.74. The van der Waals surface area contributed by atoms with Gasteiger partial charge in [0.15, 0.2) is 0 Å². The maximum Gasteiger partial charge on any atom is 0.258 e. The largest absolute Gasteiger partial charge is 0.308 e. The number of hydrogen-bond acceptors (Lipinski definition) is 3. The van der Waals surface area contributed by atoms with Crippen molar-refractivity contribution in [2.24, 2.45) is 0 Å². The van der Waals surface area contributed by atoms with Crippen LogP contribution in [-0.2, 0) is 6.42 Å². The third kappa shape index (κ3) is 2.50. The lowest BCUT2D eigenvalue weighted by Crippen LogP contribution is -2.35. The van der Waals surface area contributed by atoms with E-state index in [0.717, 1.165) is 36.1 Å². The molecule has 3 aromatic rings. The Bertz CT molecular complexity index is 971. The Morgan fingerprint density at radius 1 is 1.04 bits per heavy atom. The molecule has 0 atom stereocenters. The van der Waals surface area contributed by atoms with Crippen LogP contribution >= 0.6 is 0 Å². The molecule has 1 amide bonds. The first-order chi connectivity index (χ1) is 12.8. The summed E-state index contributed by atoms with van der Waals surface area (Å²) in [5.41, 5.74) is 4.83. The Labute approximate surface area is 152 Å². The lowest BCUT2D eigenvalue weighted by atomic mass is 10.0. The molecule has 0 bridgehead atoms. The van der Waals surface area contributed by atoms with E-state index >= 15 is 0 Å². The van der Waals surface area contributed by atoms with Crippen molar-refractivity contribution in [2.75, 3.05) is 11.4 Å². The van der Waals surface area contributed by atoms with Crippen LogP contribution in [0.1, 0.15) is 54.1 Å². The second-order valence-electron chi connectivity index (χ2n) is 7.36. The molecule has 5 heteroatoms. The van der Waals surface area contributed by atoms with Crippen LogP contribution < -0.4 is 4.90 Å². The van der Waals surface area contributed by atoms with Crippen molar-refractivity contribution >= 4 is 22.6 Å². The van der Waals surface area contributed by atoms with Gasteiger partial charge in [-0.2, -0.15) is 0 Å². The highest BCUT2D eigenvalue weighted by molar-refractivity contribution is 6.08. The van der Waals surface area contributed by atoms with E-state index in [-0.39, 0.29) is 5.91 Å². The average molecular weight is 346 g/mol. The van der Waals surface area contributed by atoms with E-state index in [4.69, 9.17) is 0 Å². The van der Waals surface area contributed by atoms with Gasteiger partial charge in [0.1, 0.15) is 5.52 Å². The molecule has 2 aromatic carbocycles. The number of carbonyl (C=O) groups is 1. The number of para-hydroxylation sites is 1. The quantitative estimate of drug-likeness (QED) is 0.701. The summed E-state index contributed by atoms with van der Waals surface area (Å²) in [7, 11) is 0. The summed E-state index contributed by atoms with van der Waals surface area (Å²) in [6, 6.07) is 14.5. The standard InChI is InChI=1S/C21H22N4O/c26-21(24-13-5-7-15-6-1-4-10-19(15)24)16-11-12-20-18(14-16)22-23-25(20)17-8-2-3-9-17/h1,4,6,10-12,14,17H,2-3,5,7-9,13H2. The fourth-order valence-electron chi connectivity index (χ4n) is 4.39. The van der Waals surface area contributed by atoms with Crippen LogP contribution in [0.3, 0.4) is 0 Å². The van der Waals surface area contributed by atoms with Gasteiger partial charge in [-0.3, -0.25) is 4.79 Å². The summed E-state index contributed by atoms with van der Waals surface area (Å²) in [4.78, 5) is 15.0. The molecule has 132 valence electrons. The number of aryl methyl sites for hydroxylation is 1. The molecular formula is C21H22N4O. The van der Waals surface area contributed by atoms with Gasteiger partial charge in [-0.1, -0.05) is 36.3 Å². The van der Waals surface area contributed by atoms with Gasteiger partial charge < -0.3 is 4.90 Å². The van der Waals surface area contributed by atoms with E-state index in [9.17, 15) is 4.79 Å². The van der Waals surface area contributed by atoms with Gasteiger partial charge >= 0.3 is 0 Å². The van der Waals surface area contributed by atoms with Gasteiger partial charge in [-0.25, -0.2) is 4.68 Å². The molecule has 2 aliphatic rings. The molecule has 0 spiro atoms. The number of nitrogens with zero attached hydrogens (tertiary/aromatic N) is 4. The molecule has 1 aliphatic heterocycles. The zero-order valence-electron chi connectivity index (χ0n) is 14.8. The highest BCUT2D eigenvalue weighted by atomic mass is 16.2. The number of rotatable bonds is 2. The van der Waals surface area contributed by atoms with E-state index < -0.39 is 0 Å². The molecule has 0 radical (unpaired) electrons. The predicted molar refractivity (Wildman–Crippen MR) is 101 cm³/mol. The molecule has 0 N–H and O–H groups in total. The molecule has 1 aliphatic carbocycles. The SMILES string of the molecule is O=C(c1ccc2c(c1)nnn2C1CCCC1)N1CCCc2ccccc21. The van der Waals surface area contributed by atoms with E-state index in [2.05, 4.69) is 16.4 Å². The van der Waals surface area contributed by atoms with Gasteiger partial charge in [0.2, 0.25) is 0 Å². The molecule has 1 saturated carbocycles. The molecule has 1 fully saturated rings. The van der Waals surface area contributed by atoms with Crippen LogP contribution in [0.15, 0.2) is 42.5 Å². The Morgan fingerprint density at radius 3 is 2.77 bits per heavy atom. The normalized spacial score (nSPS) is 17.6. The molecule has 5 nitrogen and oxygen atoms in total. The molecule has 1 aromatic heterocycles. The van der Waals surface area contributed by atoms with Gasteiger partial charge in [0, 0.05) is 17.8 Å². The highest BCUT2D eigenvalue weighted by Gasteiger charge is 2.25. The topological polar surface area (TPSA) is 51.0 Å². The minimum absolute atomic E-state index is 0.0504. The number of aromatic nitrogens is 3. The van der Waals surface area contributed by atoms with Crippen LogP contribution in [0, 0.1) is 0 Å². The Hall–Kier alpha value is -2.69. The lowest BCUT2D eigenvalue weighted by Gasteiger charge is -2.29. The fraction of sp³-hybridized carbons (Fsp3) is 0.381. The zero-order valence-corrected chi connectivity index (χ0v) is 14.8. The molecule has 0 unspecified atom stereocenters. The second-order valence-corrected chi connectivity index (χ2v) is 7.36. The first-order valence-corrected chi connectivity index (χ1v) is 9.56. The molecular weight excluding hydrogens is 324 g/mol. The Kier molecular flexibility index (Phi) is 3.73. The first kappa shape index (κ1) is 15.6. The van der Waals surface area contributed by atoms with Crippen molar-refractivity contribution in [2.45, 2.75) is 44.6 Å².